The van der Waals surface area contributed by atoms with Gasteiger partial charge in [0.15, 0.2) is 0 Å². The van der Waals surface area contributed by atoms with Crippen molar-refractivity contribution >= 4 is 46.7 Å². The number of hydrogen-bond acceptors (Lipinski definition) is 14. The standard InChI is InChI=1S/C22H27F3N6O.C20H23F3N6O.C2H4Cl2/c1-31(2)18-9-7-15(8-10-18)12-27-20-17(11-26)14-29-21(30-20)28-13-16-5-3-4-6-19(16)32-22(23,24)25;21-20(22,23)30-17-4-2-1-3-14(17)11-27-19-28-12-15(9-24)18(29-19)26-10-13-5-7-16(25)8-6-13;3-1-2-4/h3-6,14-15,18H,7-10,12-13H2,1-2H3,(H2,27,28,29,30);1-4,12-13,16H,5-8,10-11,25H2,(H2,26,27,28,29);1-2H2. The Morgan fingerprint density at radius 1 is 0.652 bits per heavy atom. The van der Waals surface area contributed by atoms with Gasteiger partial charge in [-0.2, -0.15) is 20.5 Å². The molecule has 0 aliphatic heterocycles. The highest BCUT2D eigenvalue weighted by molar-refractivity contribution is 6.25. The Hall–Kier alpha value is -5.54. The molecule has 2 fully saturated rings. The van der Waals surface area contributed by atoms with Gasteiger partial charge in [0.25, 0.3) is 0 Å². The van der Waals surface area contributed by atoms with Gasteiger partial charge in [-0.15, -0.1) is 49.5 Å². The first-order chi connectivity index (χ1) is 31.5. The highest BCUT2D eigenvalue weighted by Crippen LogP contribution is 2.30. The molecule has 0 atom stereocenters. The first kappa shape index (κ1) is 53.1. The predicted octanol–water partition coefficient (Wildman–Crippen LogP) is 9.64. The molecule has 2 heterocycles. The van der Waals surface area contributed by atoms with Gasteiger partial charge in [-0.05, 0) is 89.4 Å². The van der Waals surface area contributed by atoms with Crippen molar-refractivity contribution in [3.05, 3.63) is 83.2 Å². The fourth-order valence-electron chi connectivity index (χ4n) is 7.20. The van der Waals surface area contributed by atoms with Gasteiger partial charge in [0, 0.05) is 61.1 Å². The van der Waals surface area contributed by atoms with Gasteiger partial charge in [-0.1, -0.05) is 36.4 Å². The summed E-state index contributed by atoms with van der Waals surface area (Å²) < 4.78 is 83.7. The van der Waals surface area contributed by atoms with Gasteiger partial charge >= 0.3 is 12.7 Å². The second-order valence-corrected chi connectivity index (χ2v) is 16.5. The van der Waals surface area contributed by atoms with E-state index < -0.39 is 12.7 Å². The number of aromatic nitrogens is 4. The second kappa shape index (κ2) is 26.6. The lowest BCUT2D eigenvalue weighted by atomic mass is 9.85. The highest BCUT2D eigenvalue weighted by atomic mass is 35.5. The number of benzene rings is 2. The zero-order chi connectivity index (χ0) is 48.1. The molecule has 2 aromatic heterocycles. The Morgan fingerprint density at radius 3 is 1.41 bits per heavy atom. The number of hydrogen-bond donors (Lipinski definition) is 5. The Balaban J connectivity index is 0.000000267. The van der Waals surface area contributed by atoms with Crippen LogP contribution < -0.4 is 36.5 Å². The van der Waals surface area contributed by atoms with Gasteiger partial charge in [0.1, 0.15) is 46.4 Å². The molecule has 358 valence electrons. The van der Waals surface area contributed by atoms with Crippen LogP contribution in [0.15, 0.2) is 60.9 Å². The number of nitrogens with one attached hydrogen (secondary N) is 4. The van der Waals surface area contributed by atoms with Crippen LogP contribution in [0.5, 0.6) is 11.5 Å². The van der Waals surface area contributed by atoms with Crippen LogP contribution in [0.2, 0.25) is 0 Å². The summed E-state index contributed by atoms with van der Waals surface area (Å²) in [7, 11) is 4.21. The fraction of sp³-hybridized carbons (Fsp3) is 0.500. The molecule has 0 bridgehead atoms. The Morgan fingerprint density at radius 2 is 1.05 bits per heavy atom. The molecule has 0 unspecified atom stereocenters. The van der Waals surface area contributed by atoms with E-state index in [0.717, 1.165) is 51.4 Å². The van der Waals surface area contributed by atoms with Gasteiger partial charge in [0.2, 0.25) is 11.9 Å². The number of halogens is 8. The lowest BCUT2D eigenvalue weighted by molar-refractivity contribution is -0.275. The van der Waals surface area contributed by atoms with E-state index in [-0.39, 0.29) is 42.5 Å². The van der Waals surface area contributed by atoms with Crippen molar-refractivity contribution in [1.82, 2.24) is 24.8 Å². The van der Waals surface area contributed by atoms with Gasteiger partial charge in [-0.3, -0.25) is 0 Å². The lowest BCUT2D eigenvalue weighted by Gasteiger charge is -2.32. The number of alkyl halides is 8. The van der Waals surface area contributed by atoms with Crippen LogP contribution in [-0.2, 0) is 13.1 Å². The molecule has 0 saturated heterocycles. The lowest BCUT2D eigenvalue weighted by Crippen LogP contribution is -2.33. The molecule has 2 aromatic carbocycles. The molecule has 2 aliphatic carbocycles. The van der Waals surface area contributed by atoms with E-state index in [1.165, 1.54) is 48.8 Å². The summed E-state index contributed by atoms with van der Waals surface area (Å²) in [4.78, 5) is 19.1. The Bertz CT molecular complexity index is 2170. The van der Waals surface area contributed by atoms with Crippen molar-refractivity contribution < 1.29 is 35.8 Å². The van der Waals surface area contributed by atoms with Crippen molar-refractivity contribution in [3.63, 3.8) is 0 Å². The number of para-hydroxylation sites is 2. The summed E-state index contributed by atoms with van der Waals surface area (Å²) in [6.45, 7) is 1.43. The smallest absolute Gasteiger partial charge is 0.405 e. The van der Waals surface area contributed by atoms with Crippen LogP contribution in [0.1, 0.15) is 73.6 Å². The van der Waals surface area contributed by atoms with E-state index in [9.17, 15) is 36.9 Å². The summed E-state index contributed by atoms with van der Waals surface area (Å²) >= 11 is 10.1. The summed E-state index contributed by atoms with van der Waals surface area (Å²) in [5.74, 6) is 2.71. The van der Waals surface area contributed by atoms with E-state index in [1.807, 2.05) is 6.07 Å². The van der Waals surface area contributed by atoms with Crippen LogP contribution in [0.3, 0.4) is 0 Å². The zero-order valence-electron chi connectivity index (χ0n) is 36.5. The molecular weight excluding hydrogens is 913 g/mol. The van der Waals surface area contributed by atoms with Crippen LogP contribution >= 0.6 is 23.2 Å². The normalized spacial score (nSPS) is 18.2. The molecule has 2 saturated carbocycles. The maximum Gasteiger partial charge on any atom is 0.573 e. The number of rotatable bonds is 16. The van der Waals surface area contributed by atoms with Crippen LogP contribution in [-0.4, -0.2) is 88.6 Å². The van der Waals surface area contributed by atoms with Gasteiger partial charge < -0.3 is 41.4 Å². The summed E-state index contributed by atoms with van der Waals surface area (Å²) in [6.07, 6.45) is 1.70. The maximum absolute atomic E-state index is 12.6. The second-order valence-electron chi connectivity index (χ2n) is 15.7. The molecule has 14 nitrogen and oxygen atoms in total. The van der Waals surface area contributed by atoms with Crippen molar-refractivity contribution in [3.8, 4) is 23.6 Å². The molecule has 0 radical (unpaired) electrons. The van der Waals surface area contributed by atoms with Crippen molar-refractivity contribution in [2.24, 2.45) is 17.6 Å². The van der Waals surface area contributed by atoms with E-state index >= 15 is 0 Å². The fourth-order valence-corrected chi connectivity index (χ4v) is 7.20. The van der Waals surface area contributed by atoms with E-state index in [1.54, 1.807) is 12.1 Å². The topological polar surface area (TPSA) is 195 Å². The summed E-state index contributed by atoms with van der Waals surface area (Å²) in [5, 5.41) is 30.9. The maximum atomic E-state index is 12.6. The number of nitrogens with zero attached hydrogens (tertiary/aromatic N) is 7. The molecular formula is C44H54Cl2F6N12O2. The number of anilines is 4. The molecule has 22 heteroatoms. The van der Waals surface area contributed by atoms with Gasteiger partial charge in [-0.25, -0.2) is 9.97 Å². The van der Waals surface area contributed by atoms with Crippen molar-refractivity contribution in [1.29, 1.82) is 10.5 Å². The van der Waals surface area contributed by atoms with Crippen molar-refractivity contribution in [2.75, 3.05) is 60.2 Å². The highest BCUT2D eigenvalue weighted by Gasteiger charge is 2.33. The Labute approximate surface area is 390 Å². The third-order valence-corrected chi connectivity index (χ3v) is 11.3. The molecule has 6 N–H and O–H groups in total. The minimum atomic E-state index is -4.78. The molecule has 66 heavy (non-hydrogen) atoms. The molecule has 0 spiro atoms. The first-order valence-corrected chi connectivity index (χ1v) is 22.3. The predicted molar refractivity (Wildman–Crippen MR) is 242 cm³/mol. The quantitative estimate of drug-likeness (QED) is 0.0526. The third-order valence-electron chi connectivity index (χ3n) is 10.7. The van der Waals surface area contributed by atoms with E-state index in [0.29, 0.717) is 76.6 Å². The van der Waals surface area contributed by atoms with Crippen LogP contribution in [0, 0.1) is 34.5 Å². The molecule has 2 aliphatic rings. The van der Waals surface area contributed by atoms with E-state index in [4.69, 9.17) is 28.9 Å². The van der Waals surface area contributed by atoms with Crippen LogP contribution in [0.25, 0.3) is 0 Å². The minimum Gasteiger partial charge on any atom is -0.405 e. The third kappa shape index (κ3) is 18.7. The molecule has 4 aromatic rings. The SMILES string of the molecule is CN(C)C1CCC(CNc2nc(NCc3ccccc3OC(F)(F)F)ncc2C#N)CC1.ClCCCl.N#Cc1cnc(NCc2ccccc2OC(F)(F)F)nc1NCC1CCC(N)CC1. The number of nitrogens with two attached hydrogens (primary N) is 1. The average Bonchev–Trinajstić information content (AvgIpc) is 3.29. The number of ether oxygens (including phenoxy) is 2. The molecule has 6 rings (SSSR count). The number of nitriles is 2. The average molecular weight is 968 g/mol. The van der Waals surface area contributed by atoms with Crippen LogP contribution in [0.4, 0.5) is 49.9 Å². The summed E-state index contributed by atoms with van der Waals surface area (Å²) in [6, 6.07) is 16.7. The minimum absolute atomic E-state index is 0.0259. The Kier molecular flexibility index (Phi) is 21.4. The van der Waals surface area contributed by atoms with Crippen molar-refractivity contribution in [2.45, 2.75) is 89.3 Å². The summed E-state index contributed by atoms with van der Waals surface area (Å²) in [5.41, 5.74) is 7.16. The monoisotopic (exact) mass is 966 g/mol. The van der Waals surface area contributed by atoms with Gasteiger partial charge in [0.05, 0.1) is 12.4 Å². The first-order valence-electron chi connectivity index (χ1n) is 21.2. The zero-order valence-corrected chi connectivity index (χ0v) is 38.0. The van der Waals surface area contributed by atoms with E-state index in [2.05, 4.69) is 75.7 Å². The molecule has 0 amide bonds. The largest absolute Gasteiger partial charge is 0.573 e.